The number of carbonyl (C=O) groups excluding carboxylic acids is 3. The Morgan fingerprint density at radius 1 is 1.17 bits per heavy atom. The van der Waals surface area contributed by atoms with Crippen LogP contribution in [0.1, 0.15) is 24.5 Å². The highest BCUT2D eigenvalue weighted by molar-refractivity contribution is 6.03. The van der Waals surface area contributed by atoms with Gasteiger partial charge in [0.15, 0.2) is 6.10 Å². The molecule has 0 saturated carbocycles. The third-order valence-electron chi connectivity index (χ3n) is 2.64. The molecular formula is C12H12N2O4. The number of nitrogens with zero attached hydrogens (tertiary/aromatic N) is 1. The van der Waals surface area contributed by atoms with Gasteiger partial charge in [-0.1, -0.05) is 30.3 Å². The van der Waals surface area contributed by atoms with Gasteiger partial charge in [-0.3, -0.25) is 19.8 Å². The summed E-state index contributed by atoms with van der Waals surface area (Å²) in [5.74, 6) is -1.73. The topological polar surface area (TPSA) is 86.7 Å². The first-order chi connectivity index (χ1) is 8.59. The number of imide groups is 1. The Morgan fingerprint density at radius 3 is 2.28 bits per heavy atom. The lowest BCUT2D eigenvalue weighted by atomic mass is 10.1. The van der Waals surface area contributed by atoms with E-state index in [1.54, 1.807) is 30.3 Å². The van der Waals surface area contributed by atoms with Gasteiger partial charge in [0, 0.05) is 12.8 Å². The van der Waals surface area contributed by atoms with Crippen LogP contribution in [-0.4, -0.2) is 27.8 Å². The molecule has 1 aliphatic heterocycles. The van der Waals surface area contributed by atoms with Crippen molar-refractivity contribution in [3.63, 3.8) is 0 Å². The second kappa shape index (κ2) is 4.97. The summed E-state index contributed by atoms with van der Waals surface area (Å²) in [5.41, 5.74) is 2.52. The van der Waals surface area contributed by atoms with Crippen LogP contribution in [0, 0.1) is 0 Å². The molecule has 6 heteroatoms. The van der Waals surface area contributed by atoms with E-state index in [4.69, 9.17) is 0 Å². The summed E-state index contributed by atoms with van der Waals surface area (Å²) in [6.45, 7) is 0. The number of hydrogen-bond donors (Lipinski definition) is 2. The zero-order chi connectivity index (χ0) is 13.1. The molecule has 1 atom stereocenters. The van der Waals surface area contributed by atoms with Crippen molar-refractivity contribution < 1.29 is 19.5 Å². The minimum Gasteiger partial charge on any atom is -0.378 e. The highest BCUT2D eigenvalue weighted by atomic mass is 16.3. The maximum Gasteiger partial charge on any atom is 0.272 e. The average molecular weight is 248 g/mol. The summed E-state index contributed by atoms with van der Waals surface area (Å²) >= 11 is 0. The van der Waals surface area contributed by atoms with Crippen molar-refractivity contribution >= 4 is 17.7 Å². The number of hydrazine groups is 1. The first kappa shape index (κ1) is 12.3. The zero-order valence-corrected chi connectivity index (χ0v) is 9.50. The highest BCUT2D eigenvalue weighted by Gasteiger charge is 2.32. The van der Waals surface area contributed by atoms with E-state index < -0.39 is 23.8 Å². The predicted octanol–water partition coefficient (Wildman–Crippen LogP) is -0.0998. The number of amides is 3. The monoisotopic (exact) mass is 248 g/mol. The largest absolute Gasteiger partial charge is 0.378 e. The van der Waals surface area contributed by atoms with Crippen LogP contribution in [0.5, 0.6) is 0 Å². The van der Waals surface area contributed by atoms with Crippen LogP contribution in [0.15, 0.2) is 30.3 Å². The molecule has 6 nitrogen and oxygen atoms in total. The summed E-state index contributed by atoms with van der Waals surface area (Å²) < 4.78 is 0. The molecule has 0 spiro atoms. The molecule has 0 aliphatic carbocycles. The van der Waals surface area contributed by atoms with Gasteiger partial charge in [-0.15, -0.1) is 0 Å². The number of nitrogens with one attached hydrogen (secondary N) is 1. The second-order valence-corrected chi connectivity index (χ2v) is 3.91. The van der Waals surface area contributed by atoms with Crippen molar-refractivity contribution in [3.8, 4) is 0 Å². The Balaban J connectivity index is 2.04. The quantitative estimate of drug-likeness (QED) is 0.731. The van der Waals surface area contributed by atoms with E-state index in [-0.39, 0.29) is 12.8 Å². The summed E-state index contributed by atoms with van der Waals surface area (Å²) in [4.78, 5) is 34.3. The number of benzene rings is 1. The SMILES string of the molecule is O=C(NN1C(=O)CCC1=O)[C@@H](O)c1ccccc1. The van der Waals surface area contributed by atoms with Crippen molar-refractivity contribution in [2.75, 3.05) is 0 Å². The van der Waals surface area contributed by atoms with Gasteiger partial charge in [0.25, 0.3) is 5.91 Å². The fraction of sp³-hybridized carbons (Fsp3) is 0.250. The molecule has 1 fully saturated rings. The minimum atomic E-state index is -1.41. The van der Waals surface area contributed by atoms with E-state index >= 15 is 0 Å². The Hall–Kier alpha value is -2.21. The van der Waals surface area contributed by atoms with E-state index in [2.05, 4.69) is 5.43 Å². The normalized spacial score (nSPS) is 16.8. The second-order valence-electron chi connectivity index (χ2n) is 3.91. The van der Waals surface area contributed by atoms with Gasteiger partial charge in [-0.05, 0) is 5.56 Å². The van der Waals surface area contributed by atoms with Crippen LogP contribution in [0.3, 0.4) is 0 Å². The van der Waals surface area contributed by atoms with Crippen molar-refractivity contribution in [2.45, 2.75) is 18.9 Å². The molecule has 18 heavy (non-hydrogen) atoms. The summed E-state index contributed by atoms with van der Waals surface area (Å²) in [6.07, 6.45) is -1.24. The van der Waals surface area contributed by atoms with Gasteiger partial charge >= 0.3 is 0 Å². The summed E-state index contributed by atoms with van der Waals surface area (Å²) in [5, 5.41) is 10.4. The predicted molar refractivity (Wildman–Crippen MR) is 60.6 cm³/mol. The van der Waals surface area contributed by atoms with Crippen molar-refractivity contribution in [2.24, 2.45) is 0 Å². The van der Waals surface area contributed by atoms with Crippen molar-refractivity contribution in [1.82, 2.24) is 10.4 Å². The highest BCUT2D eigenvalue weighted by Crippen LogP contribution is 2.14. The Labute approximate surface area is 103 Å². The van der Waals surface area contributed by atoms with Gasteiger partial charge in [0.2, 0.25) is 11.8 Å². The average Bonchev–Trinajstić information content (AvgIpc) is 2.70. The lowest BCUT2D eigenvalue weighted by Gasteiger charge is -2.17. The van der Waals surface area contributed by atoms with Crippen LogP contribution < -0.4 is 5.43 Å². The number of aliphatic hydroxyl groups excluding tert-OH is 1. The molecule has 1 aliphatic rings. The van der Waals surface area contributed by atoms with Gasteiger partial charge in [-0.25, -0.2) is 0 Å². The molecule has 3 amide bonds. The van der Waals surface area contributed by atoms with Gasteiger partial charge < -0.3 is 5.11 Å². The van der Waals surface area contributed by atoms with E-state index in [0.717, 1.165) is 0 Å². The molecule has 0 aromatic heterocycles. The van der Waals surface area contributed by atoms with Crippen LogP contribution in [-0.2, 0) is 14.4 Å². The first-order valence-corrected chi connectivity index (χ1v) is 5.49. The third kappa shape index (κ3) is 2.38. The molecule has 2 rings (SSSR count). The van der Waals surface area contributed by atoms with Crippen LogP contribution in [0.4, 0.5) is 0 Å². The first-order valence-electron chi connectivity index (χ1n) is 5.49. The van der Waals surface area contributed by atoms with Crippen molar-refractivity contribution in [3.05, 3.63) is 35.9 Å². The Morgan fingerprint density at radius 2 is 1.72 bits per heavy atom. The minimum absolute atomic E-state index is 0.0839. The zero-order valence-electron chi connectivity index (χ0n) is 9.50. The molecule has 2 N–H and O–H groups in total. The summed E-state index contributed by atoms with van der Waals surface area (Å²) in [7, 11) is 0. The van der Waals surface area contributed by atoms with E-state index in [1.165, 1.54) is 0 Å². The molecule has 0 radical (unpaired) electrons. The Kier molecular flexibility index (Phi) is 3.38. The number of rotatable bonds is 3. The molecule has 0 bridgehead atoms. The lowest BCUT2D eigenvalue weighted by molar-refractivity contribution is -0.150. The van der Waals surface area contributed by atoms with E-state index in [0.29, 0.717) is 10.6 Å². The van der Waals surface area contributed by atoms with Crippen LogP contribution >= 0.6 is 0 Å². The standard InChI is InChI=1S/C12H12N2O4/c15-9-6-7-10(16)14(9)13-12(18)11(17)8-4-2-1-3-5-8/h1-5,11,17H,6-7H2,(H,13,18)/t11-/m0/s1. The molecular weight excluding hydrogens is 236 g/mol. The smallest absolute Gasteiger partial charge is 0.272 e. The third-order valence-corrected chi connectivity index (χ3v) is 2.64. The number of aliphatic hydroxyl groups is 1. The number of hydrogen-bond acceptors (Lipinski definition) is 4. The van der Waals surface area contributed by atoms with Gasteiger partial charge in [-0.2, -0.15) is 5.01 Å². The number of carbonyl (C=O) groups is 3. The van der Waals surface area contributed by atoms with Gasteiger partial charge in [0.1, 0.15) is 0 Å². The fourth-order valence-corrected chi connectivity index (χ4v) is 1.66. The van der Waals surface area contributed by atoms with Crippen LogP contribution in [0.2, 0.25) is 0 Å². The fourth-order valence-electron chi connectivity index (χ4n) is 1.66. The summed E-state index contributed by atoms with van der Waals surface area (Å²) in [6, 6.07) is 8.27. The maximum absolute atomic E-state index is 11.7. The van der Waals surface area contributed by atoms with Gasteiger partial charge in [0.05, 0.1) is 0 Å². The Bertz CT molecular complexity index is 470. The van der Waals surface area contributed by atoms with Crippen LogP contribution in [0.25, 0.3) is 0 Å². The molecule has 1 saturated heterocycles. The van der Waals surface area contributed by atoms with E-state index in [9.17, 15) is 19.5 Å². The molecule has 1 heterocycles. The molecule has 94 valence electrons. The molecule has 0 unspecified atom stereocenters. The lowest BCUT2D eigenvalue weighted by Crippen LogP contribution is -2.47. The van der Waals surface area contributed by atoms with E-state index in [1.807, 2.05) is 0 Å². The molecule has 1 aromatic carbocycles. The molecule has 1 aromatic rings. The van der Waals surface area contributed by atoms with Crippen molar-refractivity contribution in [1.29, 1.82) is 0 Å². The maximum atomic E-state index is 11.7.